The van der Waals surface area contributed by atoms with Gasteiger partial charge in [0, 0.05) is 49.2 Å². The molecule has 5 nitrogen and oxygen atoms in total. The molecule has 1 saturated carbocycles. The Morgan fingerprint density at radius 1 is 1.24 bits per heavy atom. The van der Waals surface area contributed by atoms with E-state index in [1.165, 1.54) is 47.8 Å². The summed E-state index contributed by atoms with van der Waals surface area (Å²) in [7, 11) is 6.45. The lowest BCUT2D eigenvalue weighted by atomic mass is 9.82. The number of nitrogens with one attached hydrogen (secondary N) is 2. The van der Waals surface area contributed by atoms with Crippen LogP contribution in [0.1, 0.15) is 36.8 Å². The second kappa shape index (κ2) is 6.81. The van der Waals surface area contributed by atoms with Crippen LogP contribution in [0.3, 0.4) is 0 Å². The van der Waals surface area contributed by atoms with E-state index in [9.17, 15) is 0 Å². The molecule has 0 spiro atoms. The Morgan fingerprint density at radius 3 is 2.72 bits per heavy atom. The number of hydrazine groups is 1. The molecule has 2 aliphatic rings. The Balaban J connectivity index is 1.51. The van der Waals surface area contributed by atoms with Crippen molar-refractivity contribution >= 4 is 16.6 Å². The van der Waals surface area contributed by atoms with Gasteiger partial charge in [0.1, 0.15) is 5.65 Å². The quantitative estimate of drug-likeness (QED) is 0.899. The highest BCUT2D eigenvalue weighted by Crippen LogP contribution is 2.31. The summed E-state index contributed by atoms with van der Waals surface area (Å²) in [5.41, 5.74) is 8.28. The maximum absolute atomic E-state index is 4.68. The summed E-state index contributed by atoms with van der Waals surface area (Å²) in [6, 6.07) is 3.12. The van der Waals surface area contributed by atoms with E-state index in [2.05, 4.69) is 59.0 Å². The van der Waals surface area contributed by atoms with E-state index >= 15 is 0 Å². The third-order valence-electron chi connectivity index (χ3n) is 5.87. The molecule has 0 amide bonds. The highest BCUT2D eigenvalue weighted by Gasteiger charge is 2.23. The summed E-state index contributed by atoms with van der Waals surface area (Å²) in [5.74, 6) is 0.802. The second-order valence-electron chi connectivity index (χ2n) is 7.88. The minimum absolute atomic E-state index is 0.770. The fourth-order valence-electron chi connectivity index (χ4n) is 4.32. The maximum atomic E-state index is 4.68. The van der Waals surface area contributed by atoms with E-state index < -0.39 is 0 Å². The van der Waals surface area contributed by atoms with E-state index in [1.807, 2.05) is 12.1 Å². The molecule has 5 heteroatoms. The predicted molar refractivity (Wildman–Crippen MR) is 103 cm³/mol. The highest BCUT2D eigenvalue weighted by atomic mass is 15.5. The van der Waals surface area contributed by atoms with Crippen molar-refractivity contribution in [1.29, 1.82) is 0 Å². The van der Waals surface area contributed by atoms with E-state index in [4.69, 9.17) is 0 Å². The average molecular weight is 339 g/mol. The smallest absolute Gasteiger partial charge is 0.137 e. The SMILES string of the molecule is CN1C=C(c2c[nH]c3ncc(CC4CCC(N(C)C)CC4)cc23)CN1. The first-order chi connectivity index (χ1) is 12.1. The van der Waals surface area contributed by atoms with E-state index in [0.29, 0.717) is 0 Å². The van der Waals surface area contributed by atoms with Gasteiger partial charge in [-0.05, 0) is 69.3 Å². The van der Waals surface area contributed by atoms with Gasteiger partial charge in [0.15, 0.2) is 0 Å². The van der Waals surface area contributed by atoms with Crippen molar-refractivity contribution in [3.63, 3.8) is 0 Å². The lowest BCUT2D eigenvalue weighted by Crippen LogP contribution is -2.32. The number of nitrogens with zero attached hydrogens (tertiary/aromatic N) is 3. The Hall–Kier alpha value is -1.85. The van der Waals surface area contributed by atoms with Crippen LogP contribution in [0, 0.1) is 5.92 Å². The average Bonchev–Trinajstić information content (AvgIpc) is 3.21. The maximum Gasteiger partial charge on any atom is 0.137 e. The zero-order valence-electron chi connectivity index (χ0n) is 15.5. The van der Waals surface area contributed by atoms with Gasteiger partial charge in [-0.15, -0.1) is 0 Å². The van der Waals surface area contributed by atoms with Crippen LogP contribution < -0.4 is 5.43 Å². The van der Waals surface area contributed by atoms with Crippen molar-refractivity contribution in [3.05, 3.63) is 35.8 Å². The molecule has 0 radical (unpaired) electrons. The molecule has 25 heavy (non-hydrogen) atoms. The molecule has 0 atom stereocenters. The Labute approximate surface area is 150 Å². The molecule has 1 fully saturated rings. The molecule has 4 rings (SSSR count). The Kier molecular flexibility index (Phi) is 4.52. The first-order valence-electron chi connectivity index (χ1n) is 9.40. The molecule has 1 aliphatic heterocycles. The monoisotopic (exact) mass is 339 g/mol. The van der Waals surface area contributed by atoms with Crippen LogP contribution in [0.5, 0.6) is 0 Å². The van der Waals surface area contributed by atoms with Gasteiger partial charge in [0.25, 0.3) is 0 Å². The fourth-order valence-corrected chi connectivity index (χ4v) is 4.32. The number of rotatable bonds is 4. The second-order valence-corrected chi connectivity index (χ2v) is 7.88. The summed E-state index contributed by atoms with van der Waals surface area (Å²) >= 11 is 0. The minimum Gasteiger partial charge on any atom is -0.346 e. The van der Waals surface area contributed by atoms with Crippen LogP contribution in [0.25, 0.3) is 16.6 Å². The molecule has 2 N–H and O–H groups in total. The molecule has 3 heterocycles. The predicted octanol–water partition coefficient (Wildman–Crippen LogP) is 3.02. The number of H-pyrrole nitrogens is 1. The van der Waals surface area contributed by atoms with Crippen molar-refractivity contribution in [3.8, 4) is 0 Å². The van der Waals surface area contributed by atoms with Crippen LogP contribution >= 0.6 is 0 Å². The lowest BCUT2D eigenvalue weighted by Gasteiger charge is -2.32. The Bertz CT molecular complexity index is 767. The molecule has 0 bridgehead atoms. The molecule has 134 valence electrons. The number of aromatic amines is 1. The normalized spacial score (nSPS) is 24.3. The topological polar surface area (TPSA) is 47.2 Å². The van der Waals surface area contributed by atoms with Gasteiger partial charge in [0.05, 0.1) is 0 Å². The molecule has 2 aromatic heterocycles. The summed E-state index contributed by atoms with van der Waals surface area (Å²) < 4.78 is 0. The highest BCUT2D eigenvalue weighted by molar-refractivity contribution is 5.91. The Morgan fingerprint density at radius 2 is 2.04 bits per heavy atom. The van der Waals surface area contributed by atoms with Gasteiger partial charge in [-0.1, -0.05) is 0 Å². The van der Waals surface area contributed by atoms with Gasteiger partial charge in [-0.2, -0.15) is 0 Å². The first-order valence-corrected chi connectivity index (χ1v) is 9.40. The molecule has 0 aromatic carbocycles. The molecule has 0 saturated heterocycles. The van der Waals surface area contributed by atoms with Crippen molar-refractivity contribution < 1.29 is 0 Å². The number of aromatic nitrogens is 2. The molecule has 2 aromatic rings. The molecular weight excluding hydrogens is 310 g/mol. The first kappa shape index (κ1) is 16.6. The summed E-state index contributed by atoms with van der Waals surface area (Å²) in [6.07, 6.45) is 12.8. The zero-order chi connectivity index (χ0) is 17.4. The van der Waals surface area contributed by atoms with Crippen molar-refractivity contribution in [2.75, 3.05) is 27.7 Å². The third-order valence-corrected chi connectivity index (χ3v) is 5.87. The van der Waals surface area contributed by atoms with Gasteiger partial charge >= 0.3 is 0 Å². The summed E-state index contributed by atoms with van der Waals surface area (Å²) in [5, 5.41) is 3.28. The minimum atomic E-state index is 0.770. The van der Waals surface area contributed by atoms with Crippen LogP contribution in [0.15, 0.2) is 24.7 Å². The number of hydrogen-bond donors (Lipinski definition) is 2. The number of pyridine rings is 1. The third kappa shape index (κ3) is 3.44. The zero-order valence-corrected chi connectivity index (χ0v) is 15.5. The lowest BCUT2D eigenvalue weighted by molar-refractivity contribution is 0.193. The van der Waals surface area contributed by atoms with Gasteiger partial charge in [0.2, 0.25) is 0 Å². The van der Waals surface area contributed by atoms with Crippen molar-refractivity contribution in [2.24, 2.45) is 5.92 Å². The molecule has 1 aliphatic carbocycles. The molecular formula is C20H29N5. The van der Waals surface area contributed by atoms with E-state index in [0.717, 1.165) is 30.6 Å². The van der Waals surface area contributed by atoms with Gasteiger partial charge in [-0.25, -0.2) is 10.4 Å². The van der Waals surface area contributed by atoms with Gasteiger partial charge < -0.3 is 14.9 Å². The van der Waals surface area contributed by atoms with Crippen LogP contribution in [0.4, 0.5) is 0 Å². The molecule has 0 unspecified atom stereocenters. The van der Waals surface area contributed by atoms with E-state index in [-0.39, 0.29) is 0 Å². The van der Waals surface area contributed by atoms with Crippen molar-refractivity contribution in [1.82, 2.24) is 25.3 Å². The van der Waals surface area contributed by atoms with Gasteiger partial charge in [-0.3, -0.25) is 0 Å². The largest absolute Gasteiger partial charge is 0.346 e. The van der Waals surface area contributed by atoms with E-state index in [1.54, 1.807) is 0 Å². The standard InChI is InChI=1S/C20H29N5/c1-24(2)17-6-4-14(5-7-17)8-15-9-18-19(12-22-20(18)21-10-15)16-11-23-25(3)13-16/h9-10,12-14,17,23H,4-8,11H2,1-3H3,(H,21,22). The van der Waals surface area contributed by atoms with Crippen LogP contribution in [-0.2, 0) is 6.42 Å². The van der Waals surface area contributed by atoms with Crippen LogP contribution in [0.2, 0.25) is 0 Å². The van der Waals surface area contributed by atoms with Crippen LogP contribution in [-0.4, -0.2) is 53.6 Å². The fraction of sp³-hybridized carbons (Fsp3) is 0.550. The van der Waals surface area contributed by atoms with Crippen molar-refractivity contribution in [2.45, 2.75) is 38.1 Å². The number of hydrogen-bond acceptors (Lipinski definition) is 4. The number of fused-ring (bicyclic) bond motifs is 1. The summed E-state index contributed by atoms with van der Waals surface area (Å²) in [4.78, 5) is 10.4. The summed E-state index contributed by atoms with van der Waals surface area (Å²) in [6.45, 7) is 0.877.